The third-order valence-corrected chi connectivity index (χ3v) is 9.34. The maximum Gasteiger partial charge on any atom is -0.00187 e. The Morgan fingerprint density at radius 1 is 0.293 bits per heavy atom. The maximum atomic E-state index is 2.86. The summed E-state index contributed by atoms with van der Waals surface area (Å²) in [6.07, 6.45) is 43.7. The molecule has 0 rings (SSSR count). The first-order valence-electron chi connectivity index (χ1n) is 19.8. The SMILES string of the molecule is CCCCCCCCCCCCN(CCCCCCCCCCCC(C)C)CCCCCCCCCCCC(C)C. The summed E-state index contributed by atoms with van der Waals surface area (Å²) in [7, 11) is 0. The van der Waals surface area contributed by atoms with Crippen LogP contribution in [0.1, 0.15) is 227 Å². The van der Waals surface area contributed by atoms with Crippen molar-refractivity contribution in [2.24, 2.45) is 11.8 Å². The molecule has 0 amide bonds. The smallest absolute Gasteiger partial charge is 0.00187 e. The fraction of sp³-hybridized carbons (Fsp3) is 1.00. The van der Waals surface area contributed by atoms with Gasteiger partial charge in [-0.25, -0.2) is 0 Å². The van der Waals surface area contributed by atoms with Crippen molar-refractivity contribution >= 4 is 0 Å². The second-order valence-corrected chi connectivity index (χ2v) is 14.8. The van der Waals surface area contributed by atoms with Crippen molar-refractivity contribution in [3.05, 3.63) is 0 Å². The molecule has 0 bridgehead atoms. The van der Waals surface area contributed by atoms with Gasteiger partial charge in [0.25, 0.3) is 0 Å². The van der Waals surface area contributed by atoms with Gasteiger partial charge >= 0.3 is 0 Å². The molecule has 0 spiro atoms. The van der Waals surface area contributed by atoms with E-state index in [1.807, 2.05) is 0 Å². The molecular weight excluding hydrogens is 494 g/mol. The lowest BCUT2D eigenvalue weighted by molar-refractivity contribution is 0.254. The Hall–Kier alpha value is -0.0400. The summed E-state index contributed by atoms with van der Waals surface area (Å²) in [4.78, 5) is 2.86. The van der Waals surface area contributed by atoms with Gasteiger partial charge in [0.2, 0.25) is 0 Å². The topological polar surface area (TPSA) is 3.24 Å². The highest BCUT2D eigenvalue weighted by molar-refractivity contribution is 4.61. The van der Waals surface area contributed by atoms with Gasteiger partial charge in [0.1, 0.15) is 0 Å². The number of hydrogen-bond acceptors (Lipinski definition) is 1. The van der Waals surface area contributed by atoms with Crippen LogP contribution in [0.15, 0.2) is 0 Å². The summed E-state index contributed by atoms with van der Waals surface area (Å²) in [5.41, 5.74) is 0. The third-order valence-electron chi connectivity index (χ3n) is 9.34. The molecule has 0 fully saturated rings. The van der Waals surface area contributed by atoms with Crippen molar-refractivity contribution in [3.63, 3.8) is 0 Å². The van der Waals surface area contributed by atoms with Gasteiger partial charge in [-0.2, -0.15) is 0 Å². The third kappa shape index (κ3) is 36.1. The zero-order valence-corrected chi connectivity index (χ0v) is 29.9. The average molecular weight is 578 g/mol. The van der Waals surface area contributed by atoms with Crippen LogP contribution in [0.4, 0.5) is 0 Å². The first kappa shape index (κ1) is 41.0. The molecule has 0 aliphatic heterocycles. The molecule has 41 heavy (non-hydrogen) atoms. The van der Waals surface area contributed by atoms with Crippen LogP contribution in [0.2, 0.25) is 0 Å². The van der Waals surface area contributed by atoms with Crippen LogP contribution < -0.4 is 0 Å². The monoisotopic (exact) mass is 578 g/mol. The minimum atomic E-state index is 0.888. The molecule has 0 aromatic rings. The molecule has 248 valence electrons. The Balaban J connectivity index is 3.91. The van der Waals surface area contributed by atoms with Crippen LogP contribution in [-0.2, 0) is 0 Å². The fourth-order valence-electron chi connectivity index (χ4n) is 6.41. The Labute approximate surface area is 263 Å². The van der Waals surface area contributed by atoms with Gasteiger partial charge in [-0.1, -0.05) is 208 Å². The minimum absolute atomic E-state index is 0.888. The molecule has 0 aliphatic carbocycles. The zero-order valence-electron chi connectivity index (χ0n) is 29.9. The highest BCUT2D eigenvalue weighted by atomic mass is 15.1. The summed E-state index contributed by atoms with van der Waals surface area (Å²) in [5, 5.41) is 0. The second kappa shape index (κ2) is 34.5. The van der Waals surface area contributed by atoms with E-state index in [0.717, 1.165) is 11.8 Å². The highest BCUT2D eigenvalue weighted by Crippen LogP contribution is 2.16. The first-order chi connectivity index (χ1) is 20.1. The molecule has 0 aliphatic rings. The van der Waals surface area contributed by atoms with E-state index < -0.39 is 0 Å². The van der Waals surface area contributed by atoms with Crippen molar-refractivity contribution in [1.29, 1.82) is 0 Å². The van der Waals surface area contributed by atoms with Crippen molar-refractivity contribution in [2.45, 2.75) is 227 Å². The Bertz CT molecular complexity index is 426. The Kier molecular flexibility index (Phi) is 34.4. The molecule has 0 aromatic heterocycles. The second-order valence-electron chi connectivity index (χ2n) is 14.8. The highest BCUT2D eigenvalue weighted by Gasteiger charge is 2.05. The zero-order chi connectivity index (χ0) is 30.1. The van der Waals surface area contributed by atoms with Crippen LogP contribution in [0.25, 0.3) is 0 Å². The van der Waals surface area contributed by atoms with Crippen LogP contribution in [0, 0.1) is 11.8 Å². The minimum Gasteiger partial charge on any atom is -0.303 e. The first-order valence-corrected chi connectivity index (χ1v) is 19.8. The van der Waals surface area contributed by atoms with Gasteiger partial charge in [-0.15, -0.1) is 0 Å². The summed E-state index contributed by atoms with van der Waals surface area (Å²) < 4.78 is 0. The molecular formula is C40H83N. The van der Waals surface area contributed by atoms with E-state index in [1.54, 1.807) is 0 Å². The van der Waals surface area contributed by atoms with Gasteiger partial charge in [0, 0.05) is 0 Å². The number of rotatable bonds is 35. The summed E-state index contributed by atoms with van der Waals surface area (Å²) in [6, 6.07) is 0. The van der Waals surface area contributed by atoms with Gasteiger partial charge in [-0.05, 0) is 50.7 Å². The van der Waals surface area contributed by atoms with Gasteiger partial charge in [0.15, 0.2) is 0 Å². The van der Waals surface area contributed by atoms with E-state index in [-0.39, 0.29) is 0 Å². The van der Waals surface area contributed by atoms with E-state index in [2.05, 4.69) is 39.5 Å². The molecule has 0 heterocycles. The van der Waals surface area contributed by atoms with Crippen molar-refractivity contribution in [2.75, 3.05) is 19.6 Å². The molecule has 0 saturated heterocycles. The molecule has 0 atom stereocenters. The molecule has 0 saturated carbocycles. The largest absolute Gasteiger partial charge is 0.303 e. The summed E-state index contributed by atoms with van der Waals surface area (Å²) in [6.45, 7) is 15.8. The standard InChI is InChI=1S/C40H83N/c1-6-7-8-9-10-11-16-21-26-31-36-41(37-32-27-22-17-12-14-19-24-29-34-39(2)3)38-33-28-23-18-13-15-20-25-30-35-40(4)5/h39-40H,6-38H2,1-5H3. The fourth-order valence-corrected chi connectivity index (χ4v) is 6.41. The Morgan fingerprint density at radius 3 is 0.756 bits per heavy atom. The van der Waals surface area contributed by atoms with Crippen molar-refractivity contribution in [1.82, 2.24) is 4.90 Å². The van der Waals surface area contributed by atoms with Crippen LogP contribution in [0.5, 0.6) is 0 Å². The predicted octanol–water partition coefficient (Wildman–Crippen LogP) is 14.3. The van der Waals surface area contributed by atoms with Gasteiger partial charge < -0.3 is 4.90 Å². The quantitative estimate of drug-likeness (QED) is 0.0677. The Morgan fingerprint density at radius 2 is 0.512 bits per heavy atom. The molecule has 0 unspecified atom stereocenters. The molecule has 0 aromatic carbocycles. The maximum absolute atomic E-state index is 2.86. The number of unbranched alkanes of at least 4 members (excludes halogenated alkanes) is 25. The predicted molar refractivity (Wildman–Crippen MR) is 190 cm³/mol. The van der Waals surface area contributed by atoms with Crippen LogP contribution >= 0.6 is 0 Å². The van der Waals surface area contributed by atoms with E-state index in [0.29, 0.717) is 0 Å². The van der Waals surface area contributed by atoms with Gasteiger partial charge in [-0.3, -0.25) is 0 Å². The van der Waals surface area contributed by atoms with E-state index in [1.165, 1.54) is 212 Å². The normalized spacial score (nSPS) is 12.0. The van der Waals surface area contributed by atoms with E-state index >= 15 is 0 Å². The molecule has 1 nitrogen and oxygen atoms in total. The average Bonchev–Trinajstić information content (AvgIpc) is 2.94. The van der Waals surface area contributed by atoms with E-state index in [9.17, 15) is 0 Å². The van der Waals surface area contributed by atoms with Gasteiger partial charge in [0.05, 0.1) is 0 Å². The van der Waals surface area contributed by atoms with E-state index in [4.69, 9.17) is 0 Å². The summed E-state index contributed by atoms with van der Waals surface area (Å²) in [5.74, 6) is 1.78. The lowest BCUT2D eigenvalue weighted by atomic mass is 10.0. The molecule has 0 N–H and O–H groups in total. The van der Waals surface area contributed by atoms with Crippen LogP contribution in [0.3, 0.4) is 0 Å². The number of hydrogen-bond donors (Lipinski definition) is 0. The van der Waals surface area contributed by atoms with Crippen molar-refractivity contribution < 1.29 is 0 Å². The van der Waals surface area contributed by atoms with Crippen LogP contribution in [-0.4, -0.2) is 24.5 Å². The number of nitrogens with zero attached hydrogens (tertiary/aromatic N) is 1. The molecule has 0 radical (unpaired) electrons. The lowest BCUT2D eigenvalue weighted by Crippen LogP contribution is -2.27. The lowest BCUT2D eigenvalue weighted by Gasteiger charge is -2.22. The molecule has 1 heteroatoms. The summed E-state index contributed by atoms with van der Waals surface area (Å²) >= 11 is 0. The van der Waals surface area contributed by atoms with Crippen molar-refractivity contribution in [3.8, 4) is 0 Å².